The van der Waals surface area contributed by atoms with Gasteiger partial charge in [0.2, 0.25) is 5.43 Å². The summed E-state index contributed by atoms with van der Waals surface area (Å²) in [5, 5.41) is 8.95. The van der Waals surface area contributed by atoms with Gasteiger partial charge < -0.3 is 19.9 Å². The van der Waals surface area contributed by atoms with E-state index in [4.69, 9.17) is 4.74 Å². The molecule has 14 heteroatoms. The summed E-state index contributed by atoms with van der Waals surface area (Å²) in [6.45, 7) is 4.61. The van der Waals surface area contributed by atoms with Gasteiger partial charge in [-0.25, -0.2) is 14.8 Å². The summed E-state index contributed by atoms with van der Waals surface area (Å²) in [5.74, 6) is -0.738. The van der Waals surface area contributed by atoms with E-state index in [-0.39, 0.29) is 39.7 Å². The van der Waals surface area contributed by atoms with Crippen LogP contribution in [-0.4, -0.2) is 45.7 Å². The van der Waals surface area contributed by atoms with Crippen LogP contribution in [0.3, 0.4) is 0 Å². The Morgan fingerprint density at radius 2 is 1.88 bits per heavy atom. The first-order valence-electron chi connectivity index (χ1n) is 13.1. The Morgan fingerprint density at radius 3 is 2.57 bits per heavy atom. The van der Waals surface area contributed by atoms with Gasteiger partial charge >= 0.3 is 12.2 Å². The molecule has 0 saturated carbocycles. The first-order valence-corrected chi connectivity index (χ1v) is 14.0. The van der Waals surface area contributed by atoms with Crippen LogP contribution in [0.4, 0.5) is 29.5 Å². The number of ether oxygens (including phenoxy) is 1. The molecule has 4 heterocycles. The van der Waals surface area contributed by atoms with E-state index in [1.807, 2.05) is 16.7 Å². The molecule has 5 rings (SSSR count). The molecule has 0 atom stereocenters. The van der Waals surface area contributed by atoms with Crippen LogP contribution >= 0.6 is 11.3 Å². The summed E-state index contributed by atoms with van der Waals surface area (Å²) in [4.78, 5) is 47.1. The highest BCUT2D eigenvalue weighted by atomic mass is 32.1. The van der Waals surface area contributed by atoms with Gasteiger partial charge in [0, 0.05) is 47.8 Å². The number of pyridine rings is 2. The lowest BCUT2D eigenvalue weighted by Crippen LogP contribution is -2.34. The number of fused-ring (bicyclic) bond motifs is 1. The second-order valence-electron chi connectivity index (χ2n) is 10.00. The van der Waals surface area contributed by atoms with Gasteiger partial charge in [-0.15, -0.1) is 11.3 Å². The molecule has 0 bridgehead atoms. The van der Waals surface area contributed by atoms with E-state index < -0.39 is 29.2 Å². The smallest absolute Gasteiger partial charge is 0.381 e. The number of para-hydroxylation sites is 1. The van der Waals surface area contributed by atoms with Gasteiger partial charge in [0.1, 0.15) is 16.4 Å². The monoisotopic (exact) mass is 600 g/mol. The number of aromatic nitrogens is 3. The van der Waals surface area contributed by atoms with Gasteiger partial charge in [0.15, 0.2) is 5.69 Å². The van der Waals surface area contributed by atoms with Crippen molar-refractivity contribution in [2.24, 2.45) is 0 Å². The van der Waals surface area contributed by atoms with Gasteiger partial charge in [-0.3, -0.25) is 14.9 Å². The normalized spacial score (nSPS) is 14.2. The topological polar surface area (TPSA) is 127 Å². The summed E-state index contributed by atoms with van der Waals surface area (Å²) >= 11 is 0.715. The van der Waals surface area contributed by atoms with Crippen molar-refractivity contribution >= 4 is 45.7 Å². The summed E-state index contributed by atoms with van der Waals surface area (Å²) in [6.07, 6.45) is -0.562. The van der Waals surface area contributed by atoms with Gasteiger partial charge in [0.05, 0.1) is 17.4 Å². The van der Waals surface area contributed by atoms with Crippen LogP contribution in [0.15, 0.2) is 52.9 Å². The molecule has 0 aliphatic carbocycles. The lowest BCUT2D eigenvalue weighted by atomic mass is 10.0. The number of amides is 3. The van der Waals surface area contributed by atoms with E-state index >= 15 is 0 Å². The second-order valence-corrected chi connectivity index (χ2v) is 10.9. The highest BCUT2D eigenvalue weighted by Gasteiger charge is 2.34. The Morgan fingerprint density at radius 1 is 1.14 bits per heavy atom. The Kier molecular flexibility index (Phi) is 8.27. The third-order valence-electron chi connectivity index (χ3n) is 6.61. The lowest BCUT2D eigenvalue weighted by Gasteiger charge is -2.27. The zero-order valence-electron chi connectivity index (χ0n) is 22.6. The number of benzene rings is 1. The number of nitrogens with one attached hydrogen (secondary N) is 3. The van der Waals surface area contributed by atoms with Crippen LogP contribution < -0.4 is 21.4 Å². The van der Waals surface area contributed by atoms with Crippen LogP contribution in [0.5, 0.6) is 0 Å². The number of halogens is 3. The van der Waals surface area contributed by atoms with Crippen LogP contribution in [-0.2, 0) is 10.9 Å². The Balaban J connectivity index is 1.54. The molecule has 4 aromatic rings. The number of carbonyl (C=O) groups is 2. The third-order valence-corrected chi connectivity index (χ3v) is 7.48. The summed E-state index contributed by atoms with van der Waals surface area (Å²) in [5.41, 5.74) is -0.936. The number of nitrogens with zero attached hydrogens (tertiary/aromatic N) is 3. The van der Waals surface area contributed by atoms with E-state index in [1.165, 1.54) is 18.5 Å². The van der Waals surface area contributed by atoms with Crippen LogP contribution in [0.2, 0.25) is 0 Å². The van der Waals surface area contributed by atoms with Crippen molar-refractivity contribution in [3.05, 3.63) is 69.6 Å². The third kappa shape index (κ3) is 6.29. The van der Waals surface area contributed by atoms with E-state index in [0.29, 0.717) is 48.3 Å². The maximum Gasteiger partial charge on any atom is 0.434 e. The summed E-state index contributed by atoms with van der Waals surface area (Å²) in [7, 11) is 0. The fraction of sp³-hybridized carbons (Fsp3) is 0.321. The summed E-state index contributed by atoms with van der Waals surface area (Å²) in [6, 6.07) is 7.57. The minimum atomic E-state index is -4.68. The van der Waals surface area contributed by atoms with Gasteiger partial charge in [0.25, 0.3) is 5.91 Å². The summed E-state index contributed by atoms with van der Waals surface area (Å²) < 4.78 is 47.4. The van der Waals surface area contributed by atoms with E-state index in [9.17, 15) is 27.6 Å². The largest absolute Gasteiger partial charge is 0.434 e. The molecule has 0 radical (unpaired) electrons. The number of thiazole rings is 1. The van der Waals surface area contributed by atoms with Gasteiger partial charge in [-0.05, 0) is 44.9 Å². The molecule has 1 aliphatic rings. The van der Waals surface area contributed by atoms with Crippen LogP contribution in [0, 0.1) is 0 Å². The molecule has 10 nitrogen and oxygen atoms in total. The quantitative estimate of drug-likeness (QED) is 0.262. The van der Waals surface area contributed by atoms with Crippen molar-refractivity contribution in [1.29, 1.82) is 0 Å². The number of rotatable bonds is 6. The number of hydrogen-bond acceptors (Lipinski definition) is 7. The van der Waals surface area contributed by atoms with Crippen LogP contribution in [0.1, 0.15) is 48.8 Å². The zero-order chi connectivity index (χ0) is 30.0. The van der Waals surface area contributed by atoms with Crippen molar-refractivity contribution < 1.29 is 27.5 Å². The molecule has 3 amide bonds. The maximum absolute atomic E-state index is 13.6. The average Bonchev–Trinajstić information content (AvgIpc) is 3.45. The minimum absolute atomic E-state index is 0.00600. The predicted octanol–water partition coefficient (Wildman–Crippen LogP) is 5.67. The lowest BCUT2D eigenvalue weighted by molar-refractivity contribution is -0.140. The number of alkyl halides is 3. The average molecular weight is 601 g/mol. The molecule has 220 valence electrons. The predicted molar refractivity (Wildman–Crippen MR) is 153 cm³/mol. The molecule has 0 spiro atoms. The highest BCUT2D eigenvalue weighted by Crippen LogP contribution is 2.37. The van der Waals surface area contributed by atoms with E-state index in [1.54, 1.807) is 26.0 Å². The SMILES string of the molecule is CC(C)NC(=O)Nc1cc(-c2nc(C(F)(F)F)cs2)c(NC(=O)c2cn(C3CCOCC3)c3ccccc3c2=O)cn1. The molecule has 1 aromatic carbocycles. The molecule has 1 saturated heterocycles. The minimum Gasteiger partial charge on any atom is -0.381 e. The Labute approximate surface area is 241 Å². The molecule has 3 aromatic heterocycles. The second kappa shape index (κ2) is 11.9. The molecule has 0 unspecified atom stereocenters. The first-order chi connectivity index (χ1) is 20.0. The van der Waals surface area contributed by atoms with Crippen molar-refractivity contribution in [1.82, 2.24) is 19.9 Å². The Bertz CT molecular complexity index is 1700. The molecule has 1 aliphatic heterocycles. The molecular formula is C28H27F3N6O4S. The number of hydrogen-bond donors (Lipinski definition) is 3. The molecule has 42 heavy (non-hydrogen) atoms. The zero-order valence-corrected chi connectivity index (χ0v) is 23.4. The number of carbonyl (C=O) groups excluding carboxylic acids is 2. The molecular weight excluding hydrogens is 573 g/mol. The first kappa shape index (κ1) is 29.2. The maximum atomic E-state index is 13.6. The van der Waals surface area contributed by atoms with Crippen molar-refractivity contribution in [3.8, 4) is 10.6 Å². The van der Waals surface area contributed by atoms with Gasteiger partial charge in [-0.2, -0.15) is 13.2 Å². The standard InChI is InChI=1S/C28H27F3N6O4S/c1-15(2)33-27(40)36-23-11-18(26-35-22(14-42-26)28(29,30)31)20(12-32-23)34-25(39)19-13-37(16-7-9-41-10-8-16)21-6-4-3-5-17(21)24(19)38/h3-6,11-16H,7-10H2,1-2H3,(H,34,39)(H2,32,33,36,40). The van der Waals surface area contributed by atoms with Crippen LogP contribution in [0.25, 0.3) is 21.5 Å². The van der Waals surface area contributed by atoms with E-state index in [0.717, 1.165) is 5.38 Å². The van der Waals surface area contributed by atoms with Gasteiger partial charge in [-0.1, -0.05) is 12.1 Å². The number of anilines is 2. The van der Waals surface area contributed by atoms with Crippen molar-refractivity contribution in [2.75, 3.05) is 23.8 Å². The highest BCUT2D eigenvalue weighted by molar-refractivity contribution is 7.13. The van der Waals surface area contributed by atoms with Crippen molar-refractivity contribution in [2.45, 2.75) is 44.9 Å². The van der Waals surface area contributed by atoms with E-state index in [2.05, 4.69) is 25.9 Å². The molecule has 3 N–H and O–H groups in total. The molecule has 1 fully saturated rings. The Hall–Kier alpha value is -4.30. The number of urea groups is 1. The fourth-order valence-corrected chi connectivity index (χ4v) is 5.52. The fourth-order valence-electron chi connectivity index (χ4n) is 4.66. The van der Waals surface area contributed by atoms with Crippen molar-refractivity contribution in [3.63, 3.8) is 0 Å².